The number of benzene rings is 3. The fourth-order valence-corrected chi connectivity index (χ4v) is 8.42. The predicted octanol–water partition coefficient (Wildman–Crippen LogP) is 4.45. The van der Waals surface area contributed by atoms with E-state index in [1.165, 1.54) is 35.4 Å². The van der Waals surface area contributed by atoms with Gasteiger partial charge in [0.1, 0.15) is 23.0 Å². The third kappa shape index (κ3) is 8.91. The Kier molecular flexibility index (Phi) is 11.8. The highest BCUT2D eigenvalue weighted by Crippen LogP contribution is 2.27. The van der Waals surface area contributed by atoms with E-state index in [1.54, 1.807) is 46.3 Å². The quantitative estimate of drug-likeness (QED) is 0.232. The summed E-state index contributed by atoms with van der Waals surface area (Å²) in [5.74, 6) is -3.11. The molecule has 8 rings (SSSR count). The maximum absolute atomic E-state index is 15.0. The SMILES string of the molecule is O=C(CN1CCN(CC2CCN(C(=O)c3c(F)cc(-c4cccnc4)cc3F)CC2)CC1)N1CCN(C(=O)c2cc(Cc3n[nH]c(=O)c4ccccc34)ccc2F)CC1. The molecule has 0 atom stereocenters. The zero-order valence-corrected chi connectivity index (χ0v) is 32.6. The zero-order valence-electron chi connectivity index (χ0n) is 32.6. The van der Waals surface area contributed by atoms with Crippen LogP contribution in [0.15, 0.2) is 83.9 Å². The van der Waals surface area contributed by atoms with Crippen LogP contribution >= 0.6 is 0 Å². The predicted molar refractivity (Wildman–Crippen MR) is 215 cm³/mol. The summed E-state index contributed by atoms with van der Waals surface area (Å²) in [6.07, 6.45) is 4.86. The molecule has 59 heavy (non-hydrogen) atoms. The molecule has 0 unspecified atom stereocenters. The third-order valence-corrected chi connectivity index (χ3v) is 11.8. The third-order valence-electron chi connectivity index (χ3n) is 11.8. The fourth-order valence-electron chi connectivity index (χ4n) is 8.42. The molecule has 12 nitrogen and oxygen atoms in total. The number of likely N-dealkylation sites (tertiary alicyclic amines) is 1. The Balaban J connectivity index is 0.765. The van der Waals surface area contributed by atoms with Crippen LogP contribution in [0, 0.1) is 23.4 Å². The first-order valence-corrected chi connectivity index (χ1v) is 20.1. The lowest BCUT2D eigenvalue weighted by Crippen LogP contribution is -2.55. The molecule has 5 aromatic rings. The van der Waals surface area contributed by atoms with Crippen molar-refractivity contribution in [2.75, 3.05) is 78.5 Å². The van der Waals surface area contributed by atoms with Crippen molar-refractivity contribution in [1.29, 1.82) is 0 Å². The average molecular weight is 807 g/mol. The Hall–Kier alpha value is -5.93. The van der Waals surface area contributed by atoms with Gasteiger partial charge in [0.25, 0.3) is 17.4 Å². The van der Waals surface area contributed by atoms with Gasteiger partial charge in [0.2, 0.25) is 5.91 Å². The molecule has 3 aromatic carbocycles. The molecular formula is C44H45F3N8O4. The fraction of sp³-hybridized carbons (Fsp3) is 0.364. The summed E-state index contributed by atoms with van der Waals surface area (Å²) in [4.78, 5) is 65.6. The van der Waals surface area contributed by atoms with E-state index in [-0.39, 0.29) is 23.6 Å². The molecule has 306 valence electrons. The Morgan fingerprint density at radius 3 is 2.03 bits per heavy atom. The normalized spacial score (nSPS) is 17.1. The molecule has 0 spiro atoms. The van der Waals surface area contributed by atoms with Gasteiger partial charge in [-0.15, -0.1) is 0 Å². The maximum Gasteiger partial charge on any atom is 0.272 e. The van der Waals surface area contributed by atoms with Crippen LogP contribution in [-0.4, -0.2) is 136 Å². The lowest BCUT2D eigenvalue weighted by atomic mass is 9.95. The number of carbonyl (C=O) groups excluding carboxylic acids is 3. The van der Waals surface area contributed by atoms with Gasteiger partial charge in [-0.25, -0.2) is 18.3 Å². The summed E-state index contributed by atoms with van der Waals surface area (Å²) in [6, 6.07) is 17.3. The van der Waals surface area contributed by atoms with Crippen molar-refractivity contribution in [3.8, 4) is 11.1 Å². The molecule has 15 heteroatoms. The number of halogens is 3. The van der Waals surface area contributed by atoms with Crippen molar-refractivity contribution in [1.82, 2.24) is 39.7 Å². The van der Waals surface area contributed by atoms with Gasteiger partial charge in [-0.1, -0.05) is 30.3 Å². The van der Waals surface area contributed by atoms with Crippen LogP contribution in [0.4, 0.5) is 13.2 Å². The monoisotopic (exact) mass is 806 g/mol. The van der Waals surface area contributed by atoms with Crippen molar-refractivity contribution in [3.05, 3.63) is 129 Å². The minimum atomic E-state index is -0.882. The number of carbonyl (C=O) groups is 3. The summed E-state index contributed by atoms with van der Waals surface area (Å²) in [6.45, 7) is 6.35. The lowest BCUT2D eigenvalue weighted by molar-refractivity contribution is -0.134. The Morgan fingerprint density at radius 1 is 0.678 bits per heavy atom. The summed E-state index contributed by atoms with van der Waals surface area (Å²) in [5, 5.41) is 7.93. The van der Waals surface area contributed by atoms with E-state index in [1.807, 2.05) is 12.1 Å². The van der Waals surface area contributed by atoms with Gasteiger partial charge in [-0.05, 0) is 66.3 Å². The number of aromatic nitrogens is 3. The van der Waals surface area contributed by atoms with Crippen LogP contribution in [0.2, 0.25) is 0 Å². The molecule has 0 aliphatic carbocycles. The molecule has 0 radical (unpaired) electrons. The highest BCUT2D eigenvalue weighted by molar-refractivity contribution is 5.96. The van der Waals surface area contributed by atoms with Gasteiger partial charge < -0.3 is 19.6 Å². The van der Waals surface area contributed by atoms with Gasteiger partial charge in [0.05, 0.1) is 23.2 Å². The maximum atomic E-state index is 15.0. The van der Waals surface area contributed by atoms with Crippen molar-refractivity contribution in [2.45, 2.75) is 19.3 Å². The van der Waals surface area contributed by atoms with Crippen LogP contribution < -0.4 is 5.56 Å². The summed E-state index contributed by atoms with van der Waals surface area (Å²) in [5.41, 5.74) is 1.33. The number of H-pyrrole nitrogens is 1. The molecule has 3 saturated heterocycles. The standard InChI is InChI=1S/C44H45F3N8O4/c45-36-8-7-30(23-39-33-5-1-2-6-34(33)42(57)50-49-39)22-35(36)43(58)55-20-18-53(19-21-55)40(56)28-52-16-14-51(15-17-52)27-29-9-12-54(13-10-29)44(59)41-37(46)24-32(25-38(41)47)31-4-3-11-48-26-31/h1-8,11,22,24-26,29H,9-10,12-21,23,27-28H2,(H,50,57). The highest BCUT2D eigenvalue weighted by Gasteiger charge is 2.31. The van der Waals surface area contributed by atoms with Crippen molar-refractivity contribution in [3.63, 3.8) is 0 Å². The molecule has 5 heterocycles. The van der Waals surface area contributed by atoms with E-state index < -0.39 is 34.8 Å². The first kappa shape index (κ1) is 39.9. The second kappa shape index (κ2) is 17.5. The molecule has 0 bridgehead atoms. The number of pyridine rings is 1. The summed E-state index contributed by atoms with van der Waals surface area (Å²) < 4.78 is 45.1. The van der Waals surface area contributed by atoms with Crippen molar-refractivity contribution < 1.29 is 27.6 Å². The topological polar surface area (TPSA) is 126 Å². The van der Waals surface area contributed by atoms with Crippen LogP contribution in [0.3, 0.4) is 0 Å². The van der Waals surface area contributed by atoms with Gasteiger partial charge >= 0.3 is 0 Å². The van der Waals surface area contributed by atoms with E-state index in [4.69, 9.17) is 0 Å². The number of fused-ring (bicyclic) bond motifs is 1. The minimum Gasteiger partial charge on any atom is -0.338 e. The van der Waals surface area contributed by atoms with E-state index >= 15 is 13.2 Å². The highest BCUT2D eigenvalue weighted by atomic mass is 19.1. The number of piperazine rings is 2. The minimum absolute atomic E-state index is 0.00372. The van der Waals surface area contributed by atoms with Crippen LogP contribution in [0.5, 0.6) is 0 Å². The molecule has 2 aromatic heterocycles. The first-order valence-electron chi connectivity index (χ1n) is 20.1. The van der Waals surface area contributed by atoms with Crippen LogP contribution in [0.25, 0.3) is 21.9 Å². The smallest absolute Gasteiger partial charge is 0.272 e. The summed E-state index contributed by atoms with van der Waals surface area (Å²) >= 11 is 0. The number of rotatable bonds is 9. The molecule has 3 amide bonds. The Morgan fingerprint density at radius 2 is 1.34 bits per heavy atom. The molecule has 3 fully saturated rings. The van der Waals surface area contributed by atoms with Gasteiger partial charge in [-0.2, -0.15) is 5.10 Å². The number of nitrogens with one attached hydrogen (secondary N) is 1. The molecule has 3 aliphatic rings. The van der Waals surface area contributed by atoms with Crippen LogP contribution in [-0.2, 0) is 11.2 Å². The molecule has 0 saturated carbocycles. The van der Waals surface area contributed by atoms with Crippen molar-refractivity contribution in [2.24, 2.45) is 5.92 Å². The van der Waals surface area contributed by atoms with Gasteiger partial charge in [0, 0.05) is 102 Å². The van der Waals surface area contributed by atoms with Gasteiger partial charge in [0.15, 0.2) is 0 Å². The van der Waals surface area contributed by atoms with E-state index in [2.05, 4.69) is 25.0 Å². The van der Waals surface area contributed by atoms with E-state index in [9.17, 15) is 19.2 Å². The molecule has 1 N–H and O–H groups in total. The van der Waals surface area contributed by atoms with Gasteiger partial charge in [-0.3, -0.25) is 29.1 Å². The van der Waals surface area contributed by atoms with Crippen LogP contribution in [0.1, 0.15) is 44.8 Å². The largest absolute Gasteiger partial charge is 0.338 e. The lowest BCUT2D eigenvalue weighted by Gasteiger charge is -2.40. The zero-order chi connectivity index (χ0) is 41.0. The number of hydrogen-bond donors (Lipinski definition) is 1. The molecular weight excluding hydrogens is 762 g/mol. The first-order chi connectivity index (χ1) is 28.6. The number of nitrogens with zero attached hydrogens (tertiary/aromatic N) is 7. The van der Waals surface area contributed by atoms with E-state index in [0.717, 1.165) is 45.6 Å². The number of aromatic amines is 1. The Bertz CT molecular complexity index is 2380. The Labute approximate surface area is 339 Å². The van der Waals surface area contributed by atoms with E-state index in [0.29, 0.717) is 84.8 Å². The number of amides is 3. The van der Waals surface area contributed by atoms with Crippen molar-refractivity contribution >= 4 is 28.5 Å². The average Bonchev–Trinajstić information content (AvgIpc) is 3.26. The number of hydrogen-bond acceptors (Lipinski definition) is 8. The second-order valence-corrected chi connectivity index (χ2v) is 15.6. The summed E-state index contributed by atoms with van der Waals surface area (Å²) in [7, 11) is 0. The second-order valence-electron chi connectivity index (χ2n) is 15.6. The number of piperidine rings is 1. The molecule has 3 aliphatic heterocycles.